The number of alkyl halides is 1. The number of hydrogen-bond donors (Lipinski definition) is 2. The van der Waals surface area contributed by atoms with Gasteiger partial charge in [-0.2, -0.15) is 0 Å². The Labute approximate surface area is 172 Å². The van der Waals surface area contributed by atoms with Crippen LogP contribution in [0, 0.1) is 11.6 Å². The first-order valence-corrected chi connectivity index (χ1v) is 9.20. The molecular weight excluding hydrogens is 403 g/mol. The molecule has 3 aromatic rings. The van der Waals surface area contributed by atoms with Crippen LogP contribution in [-0.4, -0.2) is 35.8 Å². The number of rotatable bonds is 4. The topological polar surface area (TPSA) is 46.1 Å². The van der Waals surface area contributed by atoms with Gasteiger partial charge in [0.1, 0.15) is 17.8 Å². The lowest BCUT2D eigenvalue weighted by molar-refractivity contribution is 0.0893. The summed E-state index contributed by atoms with van der Waals surface area (Å²) in [6.45, 7) is 1.16. The van der Waals surface area contributed by atoms with Gasteiger partial charge >= 0.3 is 0 Å². The van der Waals surface area contributed by atoms with Crippen molar-refractivity contribution < 1.29 is 18.0 Å². The molecule has 2 atom stereocenters. The van der Waals surface area contributed by atoms with Crippen molar-refractivity contribution in [2.24, 2.45) is 0 Å². The summed E-state index contributed by atoms with van der Waals surface area (Å²) in [4.78, 5) is 12.8. The highest BCUT2D eigenvalue weighted by Crippen LogP contribution is 2.26. The minimum atomic E-state index is -1.19. The summed E-state index contributed by atoms with van der Waals surface area (Å²) >= 11 is 0. The number of hydrogen-bond acceptors (Lipinski definition) is 2. The SMILES string of the molecule is Cl.O=C(NC1CCNC[C@@H]1F)c1cn(Cc2ccc(F)cc2)c2cccc(F)c12. The van der Waals surface area contributed by atoms with Gasteiger partial charge in [-0.3, -0.25) is 4.79 Å². The highest BCUT2D eigenvalue weighted by atomic mass is 35.5. The van der Waals surface area contributed by atoms with Crippen LogP contribution >= 0.6 is 12.4 Å². The van der Waals surface area contributed by atoms with Gasteiger partial charge < -0.3 is 15.2 Å². The fourth-order valence-electron chi connectivity index (χ4n) is 3.63. The minimum absolute atomic E-state index is 0. The number of carbonyl (C=O) groups is 1. The van der Waals surface area contributed by atoms with Crippen molar-refractivity contribution in [3.05, 3.63) is 71.4 Å². The number of fused-ring (bicyclic) bond motifs is 1. The summed E-state index contributed by atoms with van der Waals surface area (Å²) in [5, 5.41) is 5.84. The van der Waals surface area contributed by atoms with E-state index in [1.807, 2.05) is 0 Å². The van der Waals surface area contributed by atoms with E-state index in [2.05, 4.69) is 10.6 Å². The molecule has 1 unspecified atom stereocenters. The molecule has 0 saturated carbocycles. The molecule has 8 heteroatoms. The Balaban J connectivity index is 0.00000240. The number of halogens is 4. The lowest BCUT2D eigenvalue weighted by Crippen LogP contribution is -2.50. The van der Waals surface area contributed by atoms with E-state index in [1.165, 1.54) is 18.2 Å². The van der Waals surface area contributed by atoms with Crippen LogP contribution in [0.15, 0.2) is 48.7 Å². The summed E-state index contributed by atoms with van der Waals surface area (Å²) in [7, 11) is 0. The first-order chi connectivity index (χ1) is 13.5. The second kappa shape index (κ2) is 8.88. The molecule has 0 radical (unpaired) electrons. The van der Waals surface area contributed by atoms with Crippen molar-refractivity contribution in [1.29, 1.82) is 0 Å². The number of piperidine rings is 1. The predicted octanol–water partition coefficient (Wildman–Crippen LogP) is 3.82. The predicted molar refractivity (Wildman–Crippen MR) is 108 cm³/mol. The number of carbonyl (C=O) groups excluding carboxylic acids is 1. The first-order valence-electron chi connectivity index (χ1n) is 9.20. The number of nitrogens with zero attached hydrogens (tertiary/aromatic N) is 1. The maximum absolute atomic E-state index is 14.5. The van der Waals surface area contributed by atoms with Crippen LogP contribution in [0.25, 0.3) is 10.9 Å². The van der Waals surface area contributed by atoms with E-state index >= 15 is 0 Å². The maximum atomic E-state index is 14.5. The Kier molecular flexibility index (Phi) is 6.49. The molecule has 0 bridgehead atoms. The average Bonchev–Trinajstić information content (AvgIpc) is 3.05. The molecule has 1 saturated heterocycles. The van der Waals surface area contributed by atoms with Crippen molar-refractivity contribution in [1.82, 2.24) is 15.2 Å². The highest BCUT2D eigenvalue weighted by molar-refractivity contribution is 6.07. The Morgan fingerprint density at radius 3 is 2.66 bits per heavy atom. The molecule has 1 aromatic heterocycles. The third kappa shape index (κ3) is 4.41. The van der Waals surface area contributed by atoms with E-state index in [9.17, 15) is 18.0 Å². The molecule has 29 heavy (non-hydrogen) atoms. The largest absolute Gasteiger partial charge is 0.346 e. The number of aromatic nitrogens is 1. The van der Waals surface area contributed by atoms with Crippen LogP contribution in [-0.2, 0) is 6.54 Å². The molecular formula is C21H21ClF3N3O. The van der Waals surface area contributed by atoms with E-state index in [1.54, 1.807) is 35.0 Å². The van der Waals surface area contributed by atoms with Gasteiger partial charge in [-0.25, -0.2) is 13.2 Å². The summed E-state index contributed by atoms with van der Waals surface area (Å²) in [6.07, 6.45) is 0.861. The van der Waals surface area contributed by atoms with Crippen molar-refractivity contribution in [3.8, 4) is 0 Å². The quantitative estimate of drug-likeness (QED) is 0.670. The molecule has 4 rings (SSSR count). The van der Waals surface area contributed by atoms with Crippen LogP contribution in [0.2, 0.25) is 0 Å². The molecule has 4 nitrogen and oxygen atoms in total. The van der Waals surface area contributed by atoms with Gasteiger partial charge in [0, 0.05) is 24.7 Å². The van der Waals surface area contributed by atoms with E-state index < -0.39 is 23.9 Å². The number of amides is 1. The molecule has 2 heterocycles. The molecule has 154 valence electrons. The fraction of sp³-hybridized carbons (Fsp3) is 0.286. The molecule has 0 aliphatic carbocycles. The zero-order valence-electron chi connectivity index (χ0n) is 15.5. The summed E-state index contributed by atoms with van der Waals surface area (Å²) in [6, 6.07) is 9.99. The summed E-state index contributed by atoms with van der Waals surface area (Å²) in [5.41, 5.74) is 1.54. The van der Waals surface area contributed by atoms with Gasteiger partial charge in [0.15, 0.2) is 0 Å². The molecule has 2 aromatic carbocycles. The third-order valence-corrected chi connectivity index (χ3v) is 5.09. The maximum Gasteiger partial charge on any atom is 0.253 e. The monoisotopic (exact) mass is 423 g/mol. The zero-order valence-corrected chi connectivity index (χ0v) is 16.3. The molecule has 2 N–H and O–H groups in total. The molecule has 1 amide bonds. The first kappa shape index (κ1) is 21.2. The normalized spacial score (nSPS) is 19.0. The van der Waals surface area contributed by atoms with Crippen molar-refractivity contribution >= 4 is 29.2 Å². The molecule has 1 aliphatic rings. The summed E-state index contributed by atoms with van der Waals surface area (Å²) < 4.78 is 43.5. The van der Waals surface area contributed by atoms with Gasteiger partial charge in [-0.05, 0) is 42.8 Å². The van der Waals surface area contributed by atoms with Crippen LogP contribution < -0.4 is 10.6 Å². The standard InChI is InChI=1S/C21H20F3N3O.ClH/c22-14-6-4-13(5-7-14)11-27-12-15(20-16(23)2-1-3-19(20)27)21(28)26-18-8-9-25-10-17(18)24;/h1-7,12,17-18,25H,8-11H2,(H,26,28);1H/t17-,18?;/m0./s1. The van der Waals surface area contributed by atoms with Crippen molar-refractivity contribution in [2.45, 2.75) is 25.2 Å². The van der Waals surface area contributed by atoms with Gasteiger partial charge in [-0.1, -0.05) is 18.2 Å². The van der Waals surface area contributed by atoms with Crippen molar-refractivity contribution in [2.75, 3.05) is 13.1 Å². The number of nitrogens with one attached hydrogen (secondary N) is 2. The summed E-state index contributed by atoms with van der Waals surface area (Å²) in [5.74, 6) is -1.35. The van der Waals surface area contributed by atoms with E-state index in [-0.39, 0.29) is 35.7 Å². The van der Waals surface area contributed by atoms with Crippen LogP contribution in [0.4, 0.5) is 13.2 Å². The Morgan fingerprint density at radius 1 is 1.17 bits per heavy atom. The van der Waals surface area contributed by atoms with Gasteiger partial charge in [0.05, 0.1) is 17.1 Å². The lowest BCUT2D eigenvalue weighted by Gasteiger charge is -2.27. The minimum Gasteiger partial charge on any atom is -0.346 e. The second-order valence-corrected chi connectivity index (χ2v) is 7.02. The van der Waals surface area contributed by atoms with Gasteiger partial charge in [0.2, 0.25) is 0 Å². The van der Waals surface area contributed by atoms with Gasteiger partial charge in [0.25, 0.3) is 5.91 Å². The lowest BCUT2D eigenvalue weighted by atomic mass is 10.0. The van der Waals surface area contributed by atoms with Gasteiger partial charge in [-0.15, -0.1) is 12.4 Å². The fourth-order valence-corrected chi connectivity index (χ4v) is 3.63. The van der Waals surface area contributed by atoms with Crippen LogP contribution in [0.5, 0.6) is 0 Å². The smallest absolute Gasteiger partial charge is 0.253 e. The van der Waals surface area contributed by atoms with E-state index in [0.29, 0.717) is 25.0 Å². The van der Waals surface area contributed by atoms with E-state index in [0.717, 1.165) is 5.56 Å². The zero-order chi connectivity index (χ0) is 19.7. The average molecular weight is 424 g/mol. The molecule has 1 fully saturated rings. The Hall–Kier alpha value is -2.51. The van der Waals surface area contributed by atoms with Crippen LogP contribution in [0.3, 0.4) is 0 Å². The van der Waals surface area contributed by atoms with Crippen LogP contribution in [0.1, 0.15) is 22.3 Å². The Bertz CT molecular complexity index is 1010. The Morgan fingerprint density at radius 2 is 1.93 bits per heavy atom. The number of benzene rings is 2. The second-order valence-electron chi connectivity index (χ2n) is 7.02. The van der Waals surface area contributed by atoms with Crippen molar-refractivity contribution in [3.63, 3.8) is 0 Å². The third-order valence-electron chi connectivity index (χ3n) is 5.09. The van der Waals surface area contributed by atoms with E-state index in [4.69, 9.17) is 0 Å². The molecule has 0 spiro atoms. The highest BCUT2D eigenvalue weighted by Gasteiger charge is 2.28. The molecule has 1 aliphatic heterocycles.